The van der Waals surface area contributed by atoms with Gasteiger partial charge in [0.2, 0.25) is 5.91 Å². The van der Waals surface area contributed by atoms with E-state index in [0.29, 0.717) is 6.54 Å². The van der Waals surface area contributed by atoms with Crippen LogP contribution in [0.4, 0.5) is 0 Å². The summed E-state index contributed by atoms with van der Waals surface area (Å²) in [5.74, 6) is -0.0856. The highest BCUT2D eigenvalue weighted by molar-refractivity contribution is 5.91. The van der Waals surface area contributed by atoms with Crippen LogP contribution >= 0.6 is 0 Å². The summed E-state index contributed by atoms with van der Waals surface area (Å²) in [5, 5.41) is 7.43. The van der Waals surface area contributed by atoms with E-state index in [4.69, 9.17) is 0 Å². The van der Waals surface area contributed by atoms with E-state index in [-0.39, 0.29) is 11.9 Å². The van der Waals surface area contributed by atoms with Gasteiger partial charge in [-0.25, -0.2) is 4.68 Å². The number of amides is 1. The Morgan fingerprint density at radius 1 is 1.03 bits per heavy atom. The first-order chi connectivity index (χ1) is 14.3. The summed E-state index contributed by atoms with van der Waals surface area (Å²) >= 11 is 0. The SMILES string of the molecule is O=C(C=Cc1cnn(-c2ccccc2)c1)NCC(c1ccccc1)N1CCCC1. The summed E-state index contributed by atoms with van der Waals surface area (Å²) in [6.45, 7) is 2.78. The zero-order valence-electron chi connectivity index (χ0n) is 16.4. The monoisotopic (exact) mass is 386 g/mol. The average molecular weight is 386 g/mol. The smallest absolute Gasteiger partial charge is 0.244 e. The second-order valence-corrected chi connectivity index (χ2v) is 7.30. The summed E-state index contributed by atoms with van der Waals surface area (Å²) < 4.78 is 1.80. The predicted octanol–water partition coefficient (Wildman–Crippen LogP) is 3.84. The predicted molar refractivity (Wildman–Crippen MR) is 116 cm³/mol. The maximum absolute atomic E-state index is 12.4. The van der Waals surface area contributed by atoms with Crippen LogP contribution in [0.1, 0.15) is 30.0 Å². The van der Waals surface area contributed by atoms with Crippen molar-refractivity contribution in [3.05, 3.63) is 90.3 Å². The van der Waals surface area contributed by atoms with Gasteiger partial charge in [-0.15, -0.1) is 0 Å². The topological polar surface area (TPSA) is 50.2 Å². The normalized spacial score (nSPS) is 15.6. The van der Waals surface area contributed by atoms with E-state index < -0.39 is 0 Å². The number of hydrogen-bond donors (Lipinski definition) is 1. The summed E-state index contributed by atoms with van der Waals surface area (Å²) in [6, 6.07) is 20.6. The summed E-state index contributed by atoms with van der Waals surface area (Å²) in [7, 11) is 0. The van der Waals surface area contributed by atoms with Gasteiger partial charge in [-0.2, -0.15) is 5.10 Å². The van der Waals surface area contributed by atoms with Crippen molar-refractivity contribution >= 4 is 12.0 Å². The Hall–Kier alpha value is -3.18. The van der Waals surface area contributed by atoms with Crippen molar-refractivity contribution in [3.63, 3.8) is 0 Å². The zero-order chi connectivity index (χ0) is 19.9. The van der Waals surface area contributed by atoms with Crippen molar-refractivity contribution in [1.82, 2.24) is 20.0 Å². The standard InChI is InChI=1S/C24H26N4O/c29-24(14-13-20-17-26-28(19-20)22-11-5-2-6-12-22)25-18-23(27-15-7-8-16-27)21-9-3-1-4-10-21/h1-6,9-14,17,19,23H,7-8,15-16,18H2,(H,25,29). The average Bonchev–Trinajstić information content (AvgIpc) is 3.46. The molecule has 0 spiro atoms. The van der Waals surface area contributed by atoms with Crippen LogP contribution in [-0.4, -0.2) is 40.2 Å². The molecule has 1 aliphatic heterocycles. The third-order valence-electron chi connectivity index (χ3n) is 5.29. The molecule has 5 nitrogen and oxygen atoms in total. The van der Waals surface area contributed by atoms with Crippen molar-refractivity contribution in [2.45, 2.75) is 18.9 Å². The van der Waals surface area contributed by atoms with Crippen molar-refractivity contribution < 1.29 is 4.79 Å². The highest BCUT2D eigenvalue weighted by Gasteiger charge is 2.23. The van der Waals surface area contributed by atoms with E-state index in [1.807, 2.05) is 42.6 Å². The molecule has 1 fully saturated rings. The molecule has 1 unspecified atom stereocenters. The van der Waals surface area contributed by atoms with E-state index in [1.165, 1.54) is 18.4 Å². The highest BCUT2D eigenvalue weighted by atomic mass is 16.1. The van der Waals surface area contributed by atoms with E-state index in [2.05, 4.69) is 39.6 Å². The fraction of sp³-hybridized carbons (Fsp3) is 0.250. The van der Waals surface area contributed by atoms with Gasteiger partial charge in [0.05, 0.1) is 17.9 Å². The lowest BCUT2D eigenvalue weighted by Gasteiger charge is -2.28. The Morgan fingerprint density at radius 3 is 2.45 bits per heavy atom. The van der Waals surface area contributed by atoms with Gasteiger partial charge in [0, 0.05) is 24.4 Å². The Morgan fingerprint density at radius 2 is 1.72 bits per heavy atom. The van der Waals surface area contributed by atoms with Gasteiger partial charge in [-0.1, -0.05) is 48.5 Å². The summed E-state index contributed by atoms with van der Waals surface area (Å²) in [4.78, 5) is 14.9. The van der Waals surface area contributed by atoms with Gasteiger partial charge in [-0.3, -0.25) is 9.69 Å². The molecule has 1 amide bonds. The molecule has 1 N–H and O–H groups in total. The molecule has 29 heavy (non-hydrogen) atoms. The minimum absolute atomic E-state index is 0.0856. The van der Waals surface area contributed by atoms with E-state index in [9.17, 15) is 4.79 Å². The van der Waals surface area contributed by atoms with E-state index >= 15 is 0 Å². The molecule has 0 saturated carbocycles. The number of benzene rings is 2. The minimum Gasteiger partial charge on any atom is -0.351 e. The van der Waals surface area contributed by atoms with Gasteiger partial charge in [-0.05, 0) is 49.7 Å². The molecule has 1 aliphatic rings. The van der Waals surface area contributed by atoms with Crippen molar-refractivity contribution in [2.24, 2.45) is 0 Å². The lowest BCUT2D eigenvalue weighted by Crippen LogP contribution is -2.36. The van der Waals surface area contributed by atoms with Crippen LogP contribution in [0, 0.1) is 0 Å². The lowest BCUT2D eigenvalue weighted by atomic mass is 10.1. The number of likely N-dealkylation sites (tertiary alicyclic amines) is 1. The highest BCUT2D eigenvalue weighted by Crippen LogP contribution is 2.24. The van der Waals surface area contributed by atoms with Crippen molar-refractivity contribution in [2.75, 3.05) is 19.6 Å². The van der Waals surface area contributed by atoms with Crippen molar-refractivity contribution in [1.29, 1.82) is 0 Å². The molecule has 5 heteroatoms. The molecule has 1 atom stereocenters. The molecule has 1 aromatic heterocycles. The maximum Gasteiger partial charge on any atom is 0.244 e. The van der Waals surface area contributed by atoms with Crippen LogP contribution in [0.5, 0.6) is 0 Å². The third kappa shape index (κ3) is 5.00. The fourth-order valence-corrected chi connectivity index (χ4v) is 3.76. The Balaban J connectivity index is 1.37. The molecular weight excluding hydrogens is 360 g/mol. The molecule has 0 radical (unpaired) electrons. The van der Waals surface area contributed by atoms with Gasteiger partial charge < -0.3 is 5.32 Å². The first-order valence-electron chi connectivity index (χ1n) is 10.1. The van der Waals surface area contributed by atoms with Gasteiger partial charge >= 0.3 is 0 Å². The number of carbonyl (C=O) groups is 1. The molecule has 0 bridgehead atoms. The van der Waals surface area contributed by atoms with Crippen LogP contribution in [0.25, 0.3) is 11.8 Å². The Bertz CT molecular complexity index is 943. The number of rotatable bonds is 7. The maximum atomic E-state index is 12.4. The number of hydrogen-bond acceptors (Lipinski definition) is 3. The molecular formula is C24H26N4O. The largest absolute Gasteiger partial charge is 0.351 e. The van der Waals surface area contributed by atoms with Crippen LogP contribution in [0.15, 0.2) is 79.1 Å². The molecule has 2 aromatic carbocycles. The second kappa shape index (κ2) is 9.34. The Kier molecular flexibility index (Phi) is 6.17. The fourth-order valence-electron chi connectivity index (χ4n) is 3.76. The minimum atomic E-state index is -0.0856. The Labute approximate surface area is 171 Å². The quantitative estimate of drug-likeness (QED) is 0.628. The summed E-state index contributed by atoms with van der Waals surface area (Å²) in [5.41, 5.74) is 3.14. The first kappa shape index (κ1) is 19.2. The lowest BCUT2D eigenvalue weighted by molar-refractivity contribution is -0.116. The number of carbonyl (C=O) groups excluding carboxylic acids is 1. The van der Waals surface area contributed by atoms with Gasteiger partial charge in [0.1, 0.15) is 0 Å². The van der Waals surface area contributed by atoms with Crippen LogP contribution in [-0.2, 0) is 4.79 Å². The van der Waals surface area contributed by atoms with E-state index in [1.54, 1.807) is 23.0 Å². The zero-order valence-corrected chi connectivity index (χ0v) is 16.4. The molecule has 2 heterocycles. The molecule has 0 aliphatic carbocycles. The molecule has 1 saturated heterocycles. The number of aromatic nitrogens is 2. The number of nitrogens with one attached hydrogen (secondary N) is 1. The van der Waals surface area contributed by atoms with Crippen molar-refractivity contribution in [3.8, 4) is 5.69 Å². The third-order valence-corrected chi connectivity index (χ3v) is 5.29. The van der Waals surface area contributed by atoms with Crippen LogP contribution < -0.4 is 5.32 Å². The first-order valence-corrected chi connectivity index (χ1v) is 10.1. The number of para-hydroxylation sites is 1. The second-order valence-electron chi connectivity index (χ2n) is 7.30. The van der Waals surface area contributed by atoms with Gasteiger partial charge in [0.25, 0.3) is 0 Å². The summed E-state index contributed by atoms with van der Waals surface area (Å²) in [6.07, 6.45) is 9.50. The van der Waals surface area contributed by atoms with Crippen LogP contribution in [0.2, 0.25) is 0 Å². The molecule has 148 valence electrons. The van der Waals surface area contributed by atoms with Gasteiger partial charge in [0.15, 0.2) is 0 Å². The molecule has 4 rings (SSSR count). The van der Waals surface area contributed by atoms with E-state index in [0.717, 1.165) is 24.3 Å². The van der Waals surface area contributed by atoms with Crippen LogP contribution in [0.3, 0.4) is 0 Å². The number of nitrogens with zero attached hydrogens (tertiary/aromatic N) is 3. The molecule has 3 aromatic rings.